The number of aromatic nitrogens is 2. The first-order valence-electron chi connectivity index (χ1n) is 8.14. The van der Waals surface area contributed by atoms with Gasteiger partial charge in [0.05, 0.1) is 22.2 Å². The lowest BCUT2D eigenvalue weighted by Crippen LogP contribution is -2.24. The number of thioether (sulfide) groups is 1. The average molecular weight is 400 g/mol. The summed E-state index contributed by atoms with van der Waals surface area (Å²) in [5.74, 6) is -0.234. The van der Waals surface area contributed by atoms with E-state index >= 15 is 0 Å². The van der Waals surface area contributed by atoms with E-state index in [2.05, 4.69) is 10.3 Å². The zero-order chi connectivity index (χ0) is 19.2. The van der Waals surface area contributed by atoms with Crippen LogP contribution in [0.15, 0.2) is 45.7 Å². The molecule has 0 unspecified atom stereocenters. The van der Waals surface area contributed by atoms with Crippen molar-refractivity contribution in [1.29, 1.82) is 5.26 Å². The second-order valence-corrected chi connectivity index (χ2v) is 7.42. The van der Waals surface area contributed by atoms with E-state index in [1.165, 1.54) is 15.9 Å². The van der Waals surface area contributed by atoms with Crippen LogP contribution in [0.3, 0.4) is 0 Å². The second kappa shape index (κ2) is 8.81. The second-order valence-electron chi connectivity index (χ2n) is 5.56. The van der Waals surface area contributed by atoms with Gasteiger partial charge in [0.25, 0.3) is 5.56 Å². The third-order valence-electron chi connectivity index (χ3n) is 3.74. The Labute approximate surface area is 163 Å². The fourth-order valence-electron chi connectivity index (χ4n) is 2.47. The number of aliphatic hydroxyl groups excluding tert-OH is 1. The lowest BCUT2D eigenvalue weighted by Gasteiger charge is -2.12. The molecule has 1 amide bonds. The molecular weight excluding hydrogens is 384 g/mol. The van der Waals surface area contributed by atoms with E-state index in [4.69, 9.17) is 10.4 Å². The summed E-state index contributed by atoms with van der Waals surface area (Å²) in [5.41, 5.74) is 0.791. The third-order valence-corrected chi connectivity index (χ3v) is 5.54. The van der Waals surface area contributed by atoms with Crippen LogP contribution in [0, 0.1) is 11.3 Å². The van der Waals surface area contributed by atoms with Crippen molar-refractivity contribution in [3.8, 4) is 6.07 Å². The zero-order valence-electron chi connectivity index (χ0n) is 14.2. The van der Waals surface area contributed by atoms with Gasteiger partial charge in [-0.25, -0.2) is 4.98 Å². The molecule has 3 rings (SSSR count). The number of thiophene rings is 1. The molecule has 0 radical (unpaired) electrons. The Balaban J connectivity index is 1.82. The molecule has 7 nitrogen and oxygen atoms in total. The summed E-state index contributed by atoms with van der Waals surface area (Å²) >= 11 is 2.43. The molecule has 138 valence electrons. The van der Waals surface area contributed by atoms with Gasteiger partial charge in [0.15, 0.2) is 5.16 Å². The highest BCUT2D eigenvalue weighted by molar-refractivity contribution is 7.99. The molecule has 2 aromatic heterocycles. The maximum atomic E-state index is 12.7. The maximum absolute atomic E-state index is 12.7. The molecule has 0 atom stereocenters. The van der Waals surface area contributed by atoms with Crippen molar-refractivity contribution in [1.82, 2.24) is 9.55 Å². The van der Waals surface area contributed by atoms with Crippen LogP contribution in [0.25, 0.3) is 10.9 Å². The van der Waals surface area contributed by atoms with Crippen molar-refractivity contribution in [2.24, 2.45) is 0 Å². The smallest absolute Gasteiger partial charge is 0.262 e. The number of para-hydroxylation sites is 1. The molecule has 0 aliphatic rings. The zero-order valence-corrected chi connectivity index (χ0v) is 15.8. The van der Waals surface area contributed by atoms with E-state index in [9.17, 15) is 9.59 Å². The molecule has 0 bridgehead atoms. The topological polar surface area (TPSA) is 108 Å². The lowest BCUT2D eigenvalue weighted by molar-refractivity contribution is -0.113. The number of carbonyl (C=O) groups excluding carboxylic acids is 1. The van der Waals surface area contributed by atoms with Gasteiger partial charge in [-0.15, -0.1) is 11.3 Å². The van der Waals surface area contributed by atoms with Crippen LogP contribution in [0.2, 0.25) is 0 Å². The van der Waals surface area contributed by atoms with Crippen LogP contribution >= 0.6 is 23.1 Å². The van der Waals surface area contributed by atoms with Crippen molar-refractivity contribution in [2.75, 3.05) is 17.7 Å². The van der Waals surface area contributed by atoms with Crippen LogP contribution in [0.5, 0.6) is 0 Å². The first-order valence-corrected chi connectivity index (χ1v) is 10.0. The summed E-state index contributed by atoms with van der Waals surface area (Å²) in [5, 5.41) is 24.0. The Kier molecular flexibility index (Phi) is 6.24. The molecule has 27 heavy (non-hydrogen) atoms. The highest BCUT2D eigenvalue weighted by Gasteiger charge is 2.14. The van der Waals surface area contributed by atoms with Gasteiger partial charge in [-0.2, -0.15) is 5.26 Å². The first kappa shape index (κ1) is 19.1. The van der Waals surface area contributed by atoms with E-state index in [0.717, 1.165) is 11.8 Å². The predicted molar refractivity (Wildman–Crippen MR) is 106 cm³/mol. The third kappa shape index (κ3) is 4.36. The number of carbonyl (C=O) groups is 1. The van der Waals surface area contributed by atoms with Crippen LogP contribution in [-0.2, 0) is 11.3 Å². The molecule has 0 aliphatic heterocycles. The summed E-state index contributed by atoms with van der Waals surface area (Å²) in [6, 6.07) is 10.7. The Morgan fingerprint density at radius 3 is 2.96 bits per heavy atom. The van der Waals surface area contributed by atoms with Gasteiger partial charge in [0, 0.05) is 13.2 Å². The minimum Gasteiger partial charge on any atom is -0.396 e. The van der Waals surface area contributed by atoms with Gasteiger partial charge >= 0.3 is 0 Å². The molecule has 0 fully saturated rings. The summed E-state index contributed by atoms with van der Waals surface area (Å²) < 4.78 is 1.49. The fourth-order valence-corrected chi connectivity index (χ4v) is 4.05. The van der Waals surface area contributed by atoms with E-state index in [1.807, 2.05) is 6.07 Å². The molecule has 0 saturated heterocycles. The van der Waals surface area contributed by atoms with E-state index in [1.54, 1.807) is 35.7 Å². The molecule has 3 aromatic rings. The minimum atomic E-state index is -0.282. The van der Waals surface area contributed by atoms with Crippen LogP contribution in [-0.4, -0.2) is 32.9 Å². The Morgan fingerprint density at radius 2 is 2.19 bits per heavy atom. The number of anilines is 1. The number of hydrogen-bond donors (Lipinski definition) is 2. The van der Waals surface area contributed by atoms with Gasteiger partial charge < -0.3 is 10.4 Å². The molecule has 0 spiro atoms. The molecule has 2 N–H and O–H groups in total. The van der Waals surface area contributed by atoms with Crippen LogP contribution in [0.4, 0.5) is 5.00 Å². The Bertz CT molecular complexity index is 1070. The van der Waals surface area contributed by atoms with E-state index in [0.29, 0.717) is 39.6 Å². The molecule has 9 heteroatoms. The first-order chi connectivity index (χ1) is 13.1. The Morgan fingerprint density at radius 1 is 1.37 bits per heavy atom. The molecule has 2 heterocycles. The number of nitriles is 1. The number of fused-ring (bicyclic) bond motifs is 1. The van der Waals surface area contributed by atoms with Crippen molar-refractivity contribution in [3.05, 3.63) is 51.6 Å². The SMILES string of the molecule is N#Cc1ccsc1NC(=O)CSc1nc2ccccc2c(=O)n1CCCO. The van der Waals surface area contributed by atoms with Gasteiger partial charge in [0.2, 0.25) is 5.91 Å². The maximum Gasteiger partial charge on any atom is 0.262 e. The molecule has 1 aromatic carbocycles. The van der Waals surface area contributed by atoms with Gasteiger partial charge in [0.1, 0.15) is 11.1 Å². The van der Waals surface area contributed by atoms with Crippen molar-refractivity contribution in [2.45, 2.75) is 18.1 Å². The van der Waals surface area contributed by atoms with Gasteiger partial charge in [-0.3, -0.25) is 14.2 Å². The summed E-state index contributed by atoms with van der Waals surface area (Å²) in [7, 11) is 0. The van der Waals surface area contributed by atoms with Crippen LogP contribution < -0.4 is 10.9 Å². The highest BCUT2D eigenvalue weighted by Crippen LogP contribution is 2.23. The van der Waals surface area contributed by atoms with Crippen molar-refractivity contribution < 1.29 is 9.90 Å². The fraction of sp³-hybridized carbons (Fsp3) is 0.222. The number of nitrogens with zero attached hydrogens (tertiary/aromatic N) is 3. The van der Waals surface area contributed by atoms with Crippen LogP contribution in [0.1, 0.15) is 12.0 Å². The monoisotopic (exact) mass is 400 g/mol. The number of aliphatic hydroxyl groups is 1. The van der Waals surface area contributed by atoms with Gasteiger partial charge in [-0.1, -0.05) is 23.9 Å². The van der Waals surface area contributed by atoms with Crippen molar-refractivity contribution >= 4 is 44.9 Å². The van der Waals surface area contributed by atoms with Gasteiger partial charge in [-0.05, 0) is 30.0 Å². The highest BCUT2D eigenvalue weighted by atomic mass is 32.2. The average Bonchev–Trinajstić information content (AvgIpc) is 3.13. The quantitative estimate of drug-likeness (QED) is 0.466. The van der Waals surface area contributed by atoms with E-state index in [-0.39, 0.29) is 23.8 Å². The Hall–Kier alpha value is -2.67. The minimum absolute atomic E-state index is 0.0425. The standard InChI is InChI=1S/C18H16N4O3S2/c19-10-12-6-9-26-16(12)21-15(24)11-27-18-20-14-5-2-1-4-13(14)17(25)22(18)7-3-8-23/h1-2,4-6,9,23H,3,7-8,11H2,(H,21,24). The predicted octanol–water partition coefficient (Wildman–Crippen LogP) is 2.44. The number of nitrogens with one attached hydrogen (secondary N) is 1. The summed E-state index contributed by atoms with van der Waals surface area (Å²) in [6.45, 7) is 0.278. The molecule has 0 saturated carbocycles. The largest absolute Gasteiger partial charge is 0.396 e. The normalized spacial score (nSPS) is 10.7. The lowest BCUT2D eigenvalue weighted by atomic mass is 10.2. The number of hydrogen-bond acceptors (Lipinski definition) is 7. The number of rotatable bonds is 7. The molecule has 0 aliphatic carbocycles. The van der Waals surface area contributed by atoms with E-state index < -0.39 is 0 Å². The summed E-state index contributed by atoms with van der Waals surface area (Å²) in [4.78, 5) is 29.5. The molecular formula is C18H16N4O3S2. The number of benzene rings is 1. The number of amides is 1. The summed E-state index contributed by atoms with van der Waals surface area (Å²) in [6.07, 6.45) is 0.417. The van der Waals surface area contributed by atoms with Crippen molar-refractivity contribution in [3.63, 3.8) is 0 Å².